The first-order valence-corrected chi connectivity index (χ1v) is 8.53. The Morgan fingerprint density at radius 2 is 2.14 bits per heavy atom. The highest BCUT2D eigenvalue weighted by atomic mass is 32.2. The molecule has 0 saturated carbocycles. The lowest BCUT2D eigenvalue weighted by molar-refractivity contribution is -0.129. The highest BCUT2D eigenvalue weighted by Gasteiger charge is 2.26. The number of nitrogens with zero attached hydrogens (tertiary/aromatic N) is 4. The van der Waals surface area contributed by atoms with Crippen molar-refractivity contribution < 1.29 is 23.9 Å². The molecule has 1 aliphatic heterocycles. The Hall–Kier alpha value is -3.80. The van der Waals surface area contributed by atoms with E-state index < -0.39 is 23.0 Å². The molecule has 1 saturated heterocycles. The molecule has 1 aliphatic rings. The lowest BCUT2D eigenvalue weighted by Gasteiger charge is -2.05. The Morgan fingerprint density at radius 1 is 1.32 bits per heavy atom. The first-order valence-electron chi connectivity index (χ1n) is 7.71. The maximum absolute atomic E-state index is 12.0. The van der Waals surface area contributed by atoms with Crippen molar-refractivity contribution in [3.8, 4) is 5.75 Å². The van der Waals surface area contributed by atoms with Crippen LogP contribution in [0.25, 0.3) is 0 Å². The number of rotatable bonds is 6. The molecular weight excluding hydrogens is 388 g/mol. The molecule has 2 aromatic rings. The third kappa shape index (κ3) is 5.11. The quantitative estimate of drug-likeness (QED) is 0.230. The number of amides is 3. The second kappa shape index (κ2) is 8.73. The highest BCUT2D eigenvalue weighted by molar-refractivity contribution is 8.18. The van der Waals surface area contributed by atoms with Gasteiger partial charge in [-0.15, -0.1) is 0 Å². The number of aromatic nitrogens is 3. The topological polar surface area (TPSA) is 145 Å². The number of para-hydroxylation sites is 1. The Kier molecular flexibility index (Phi) is 5.91. The number of nitrogens with one attached hydrogen (secondary N) is 2. The summed E-state index contributed by atoms with van der Waals surface area (Å²) in [5.74, 6) is -1.75. The number of carbonyl (C=O) groups excluding carboxylic acids is 4. The van der Waals surface area contributed by atoms with Gasteiger partial charge in [-0.3, -0.25) is 19.7 Å². The fourth-order valence-corrected chi connectivity index (χ4v) is 2.66. The number of imide groups is 1. The molecule has 1 aromatic carbocycles. The third-order valence-corrected chi connectivity index (χ3v) is 4.00. The van der Waals surface area contributed by atoms with Gasteiger partial charge in [-0.2, -0.15) is 10.2 Å². The number of thioether (sulfide) groups is 1. The fraction of sp³-hybridized carbons (Fsp3) is 0.0625. The summed E-state index contributed by atoms with van der Waals surface area (Å²) in [5, 5.41) is 9.09. The number of hydrogen-bond acceptors (Lipinski definition) is 9. The predicted molar refractivity (Wildman–Crippen MR) is 97.0 cm³/mol. The molecule has 3 rings (SSSR count). The normalized spacial score (nSPS) is 15.1. The van der Waals surface area contributed by atoms with Crippen LogP contribution in [-0.2, 0) is 20.9 Å². The van der Waals surface area contributed by atoms with Crippen LogP contribution in [0.4, 0.5) is 4.79 Å². The van der Waals surface area contributed by atoms with Crippen molar-refractivity contribution in [3.63, 3.8) is 0 Å². The Labute approximate surface area is 161 Å². The van der Waals surface area contributed by atoms with Gasteiger partial charge in [0, 0.05) is 11.6 Å². The Bertz CT molecular complexity index is 985. The molecule has 3 amide bonds. The number of ether oxygens (including phenoxy) is 1. The summed E-state index contributed by atoms with van der Waals surface area (Å²) in [6, 6.07) is 6.45. The van der Waals surface area contributed by atoms with Gasteiger partial charge in [-0.1, -0.05) is 12.1 Å². The summed E-state index contributed by atoms with van der Waals surface area (Å²) in [6.45, 7) is -0.0556. The SMILES string of the molecule is O=C(Cn1cncn1)N/N=C/c1ccccc1OC(=O)/C=C1/SC(=O)NC1=O. The van der Waals surface area contributed by atoms with Gasteiger partial charge in [0.15, 0.2) is 0 Å². The lowest BCUT2D eigenvalue weighted by atomic mass is 10.2. The van der Waals surface area contributed by atoms with Crippen molar-refractivity contribution >= 4 is 41.0 Å². The van der Waals surface area contributed by atoms with Gasteiger partial charge < -0.3 is 4.74 Å². The molecule has 28 heavy (non-hydrogen) atoms. The largest absolute Gasteiger partial charge is 0.423 e. The number of benzene rings is 1. The summed E-state index contributed by atoms with van der Waals surface area (Å²) in [4.78, 5) is 50.0. The van der Waals surface area contributed by atoms with Gasteiger partial charge in [0.25, 0.3) is 17.1 Å². The fourth-order valence-electron chi connectivity index (χ4n) is 2.02. The maximum Gasteiger partial charge on any atom is 0.337 e. The molecule has 1 fully saturated rings. The third-order valence-electron chi connectivity index (χ3n) is 3.19. The lowest BCUT2D eigenvalue weighted by Crippen LogP contribution is -2.23. The van der Waals surface area contributed by atoms with E-state index in [1.165, 1.54) is 29.6 Å². The molecule has 11 nitrogen and oxygen atoms in total. The van der Waals surface area contributed by atoms with Gasteiger partial charge in [0.1, 0.15) is 24.9 Å². The molecule has 0 unspecified atom stereocenters. The van der Waals surface area contributed by atoms with E-state index >= 15 is 0 Å². The van der Waals surface area contributed by atoms with E-state index in [4.69, 9.17) is 4.74 Å². The summed E-state index contributed by atoms with van der Waals surface area (Å²) in [7, 11) is 0. The van der Waals surface area contributed by atoms with Crippen molar-refractivity contribution in [2.45, 2.75) is 6.54 Å². The Morgan fingerprint density at radius 3 is 2.86 bits per heavy atom. The summed E-state index contributed by atoms with van der Waals surface area (Å²) in [5.41, 5.74) is 2.73. The van der Waals surface area contributed by atoms with Gasteiger partial charge in [0.05, 0.1) is 11.1 Å². The second-order valence-corrected chi connectivity index (χ2v) is 6.21. The van der Waals surface area contributed by atoms with Crippen molar-refractivity contribution in [1.29, 1.82) is 0 Å². The van der Waals surface area contributed by atoms with E-state index in [1.54, 1.807) is 18.2 Å². The molecule has 0 aliphatic carbocycles. The zero-order valence-corrected chi connectivity index (χ0v) is 14.9. The molecule has 12 heteroatoms. The van der Waals surface area contributed by atoms with Crippen molar-refractivity contribution in [2.24, 2.45) is 5.10 Å². The van der Waals surface area contributed by atoms with E-state index in [-0.39, 0.29) is 17.2 Å². The van der Waals surface area contributed by atoms with Crippen LogP contribution >= 0.6 is 11.8 Å². The van der Waals surface area contributed by atoms with E-state index in [0.29, 0.717) is 17.3 Å². The average Bonchev–Trinajstić information content (AvgIpc) is 3.26. The molecule has 2 N–H and O–H groups in total. The van der Waals surface area contributed by atoms with Crippen LogP contribution in [0.2, 0.25) is 0 Å². The molecule has 0 spiro atoms. The monoisotopic (exact) mass is 400 g/mol. The molecule has 1 aromatic heterocycles. The molecule has 2 heterocycles. The second-order valence-electron chi connectivity index (χ2n) is 5.20. The van der Waals surface area contributed by atoms with Crippen LogP contribution in [0.5, 0.6) is 5.75 Å². The average molecular weight is 400 g/mol. The molecule has 142 valence electrons. The van der Waals surface area contributed by atoms with Gasteiger partial charge in [-0.05, 0) is 23.9 Å². The number of esters is 1. The van der Waals surface area contributed by atoms with E-state index in [9.17, 15) is 19.2 Å². The molecular formula is C16H12N6O5S. The van der Waals surface area contributed by atoms with E-state index in [2.05, 4.69) is 20.6 Å². The first-order chi connectivity index (χ1) is 13.5. The van der Waals surface area contributed by atoms with Gasteiger partial charge in [-0.25, -0.2) is 19.9 Å². The molecule has 0 radical (unpaired) electrons. The number of hydrogen-bond donors (Lipinski definition) is 2. The van der Waals surface area contributed by atoms with Crippen molar-refractivity contribution in [1.82, 2.24) is 25.5 Å². The van der Waals surface area contributed by atoms with Crippen LogP contribution in [-0.4, -0.2) is 44.0 Å². The van der Waals surface area contributed by atoms with Crippen molar-refractivity contribution in [2.75, 3.05) is 0 Å². The minimum Gasteiger partial charge on any atom is -0.423 e. The zero-order chi connectivity index (χ0) is 19.9. The zero-order valence-electron chi connectivity index (χ0n) is 14.1. The maximum atomic E-state index is 12.0. The molecule has 0 bridgehead atoms. The van der Waals surface area contributed by atoms with Crippen molar-refractivity contribution in [3.05, 3.63) is 53.5 Å². The predicted octanol–water partition coefficient (Wildman–Crippen LogP) is 0.201. The van der Waals surface area contributed by atoms with Crippen LogP contribution in [0, 0.1) is 0 Å². The minimum atomic E-state index is -0.830. The summed E-state index contributed by atoms with van der Waals surface area (Å²) >= 11 is 0.610. The van der Waals surface area contributed by atoms with E-state index in [1.807, 2.05) is 5.32 Å². The summed E-state index contributed by atoms with van der Waals surface area (Å²) < 4.78 is 6.52. The number of carbonyl (C=O) groups is 4. The highest BCUT2D eigenvalue weighted by Crippen LogP contribution is 2.23. The van der Waals surface area contributed by atoms with E-state index in [0.717, 1.165) is 6.08 Å². The van der Waals surface area contributed by atoms with Crippen LogP contribution < -0.4 is 15.5 Å². The first kappa shape index (κ1) is 19.0. The summed E-state index contributed by atoms with van der Waals surface area (Å²) in [6.07, 6.45) is 4.93. The molecule has 0 atom stereocenters. The van der Waals surface area contributed by atoms with Crippen LogP contribution in [0.1, 0.15) is 5.56 Å². The standard InChI is InChI=1S/C16H12N6O5S/c23-13(7-22-9-17-8-19-22)21-18-6-10-3-1-2-4-11(10)27-14(24)5-12-15(25)20-16(26)28-12/h1-6,8-9H,7H2,(H,21,23)(H,20,25,26)/b12-5+,18-6+. The smallest absolute Gasteiger partial charge is 0.337 e. The van der Waals surface area contributed by atoms with Gasteiger partial charge in [0.2, 0.25) is 0 Å². The minimum absolute atomic E-state index is 0.0541. The van der Waals surface area contributed by atoms with Gasteiger partial charge >= 0.3 is 5.97 Å². The number of hydrazone groups is 1. The Balaban J connectivity index is 1.62. The van der Waals surface area contributed by atoms with Crippen LogP contribution in [0.3, 0.4) is 0 Å². The van der Waals surface area contributed by atoms with Crippen LogP contribution in [0.15, 0.2) is 53.0 Å².